The molecule has 2 atom stereocenters. The molecule has 0 saturated carbocycles. The number of aromatic amines is 1. The van der Waals surface area contributed by atoms with Crippen LogP contribution in [-0.2, 0) is 38.3 Å². The van der Waals surface area contributed by atoms with Crippen LogP contribution in [0, 0.1) is 0 Å². The van der Waals surface area contributed by atoms with E-state index in [0.717, 1.165) is 22.0 Å². The Balaban J connectivity index is 1.35. The summed E-state index contributed by atoms with van der Waals surface area (Å²) < 4.78 is 16.0. The van der Waals surface area contributed by atoms with Gasteiger partial charge in [0.15, 0.2) is 0 Å². The molecule has 0 unspecified atom stereocenters. The molecule has 3 N–H and O–H groups in total. The molecule has 0 bridgehead atoms. The van der Waals surface area contributed by atoms with Crippen molar-refractivity contribution in [1.29, 1.82) is 0 Å². The van der Waals surface area contributed by atoms with Crippen molar-refractivity contribution in [2.75, 3.05) is 19.6 Å². The fraction of sp³-hybridized carbons (Fsp3) is 0.273. The maximum Gasteiger partial charge on any atom is 0.524 e. The second-order valence-electron chi connectivity index (χ2n) is 11.6. The molecule has 0 spiro atoms. The van der Waals surface area contributed by atoms with Crippen molar-refractivity contribution in [1.82, 2.24) is 30.0 Å². The number of fused-ring (bicyclic) bond motifs is 2. The number of phosphoric acid groups is 1. The summed E-state index contributed by atoms with van der Waals surface area (Å²) in [6.45, 7) is 4.31. The first-order chi connectivity index (χ1) is 22.6. The van der Waals surface area contributed by atoms with Gasteiger partial charge in [-0.3, -0.25) is 29.3 Å². The smallest absolute Gasteiger partial charge is 0.404 e. The molecule has 13 nitrogen and oxygen atoms in total. The molecule has 1 aromatic heterocycles. The number of carbonyl (C=O) groups excluding carboxylic acids is 3. The topological polar surface area (TPSA) is 160 Å². The number of nitrogens with zero attached hydrogens (tertiary/aromatic N) is 5. The first-order valence-electron chi connectivity index (χ1n) is 15.2. The van der Waals surface area contributed by atoms with Crippen LogP contribution in [0.2, 0.25) is 0 Å². The number of phosphoric ester groups is 1. The third-order valence-corrected chi connectivity index (χ3v) is 8.85. The highest BCUT2D eigenvalue weighted by molar-refractivity contribution is 7.46. The second-order valence-corrected chi connectivity index (χ2v) is 12.7. The molecule has 244 valence electrons. The highest BCUT2D eigenvalue weighted by Crippen LogP contribution is 2.38. The number of benzene rings is 3. The second kappa shape index (κ2) is 13.5. The van der Waals surface area contributed by atoms with E-state index < -0.39 is 20.0 Å². The molecule has 3 amide bonds. The first-order valence-corrected chi connectivity index (χ1v) is 16.7. The number of aryl methyl sites for hydroxylation is 1. The molecule has 2 saturated heterocycles. The fourth-order valence-electron chi connectivity index (χ4n) is 6.33. The van der Waals surface area contributed by atoms with Crippen LogP contribution in [0.1, 0.15) is 23.1 Å². The summed E-state index contributed by atoms with van der Waals surface area (Å²) in [5.41, 5.74) is 3.29. The van der Waals surface area contributed by atoms with Crippen molar-refractivity contribution < 1.29 is 33.3 Å². The van der Waals surface area contributed by atoms with Crippen LogP contribution in [0.3, 0.4) is 0 Å². The predicted molar refractivity (Wildman–Crippen MR) is 172 cm³/mol. The highest BCUT2D eigenvalue weighted by atomic mass is 31.2. The van der Waals surface area contributed by atoms with Gasteiger partial charge < -0.3 is 14.3 Å². The molecular weight excluding hydrogens is 623 g/mol. The summed E-state index contributed by atoms with van der Waals surface area (Å²) in [6, 6.07) is 20.5. The van der Waals surface area contributed by atoms with Crippen LogP contribution in [0.15, 0.2) is 91.6 Å². The van der Waals surface area contributed by atoms with Gasteiger partial charge in [0.25, 0.3) is 0 Å². The zero-order chi connectivity index (χ0) is 33.1. The molecule has 0 aliphatic carbocycles. The van der Waals surface area contributed by atoms with E-state index in [1.807, 2.05) is 48.5 Å². The standard InChI is InChI=1S/C33H35N6O7P/c1-2-17-37-22-31(41)38-28(18-24-11-14-27(15-12-24)46-47(43,44)45)33(42)36(20-26-10-6-9-25-19-34-35-32(25)26)21-29(38)39(37)30(40)16-13-23-7-4-3-5-8-23/h2-12,14-15,19,28-29H,1,13,16-18,20-22H2,(H,34,35)(H2,43,44,45)/t28-,29-/m0/s1. The van der Waals surface area contributed by atoms with Crippen molar-refractivity contribution in [2.45, 2.75) is 38.0 Å². The zero-order valence-electron chi connectivity index (χ0n) is 25.5. The van der Waals surface area contributed by atoms with Gasteiger partial charge in [-0.05, 0) is 35.2 Å². The molecule has 2 aliphatic rings. The normalized spacial score (nSPS) is 18.8. The van der Waals surface area contributed by atoms with E-state index in [1.165, 1.54) is 17.0 Å². The summed E-state index contributed by atoms with van der Waals surface area (Å²) in [6.07, 6.45) is 3.39. The van der Waals surface area contributed by atoms with Crippen molar-refractivity contribution in [2.24, 2.45) is 0 Å². The maximum atomic E-state index is 14.3. The molecule has 2 aliphatic heterocycles. The number of amides is 3. The Morgan fingerprint density at radius 1 is 1.04 bits per heavy atom. The van der Waals surface area contributed by atoms with Crippen LogP contribution >= 0.6 is 7.82 Å². The number of hydrogen-bond acceptors (Lipinski definition) is 7. The van der Waals surface area contributed by atoms with Crippen molar-refractivity contribution >= 4 is 36.4 Å². The molecule has 6 rings (SSSR count). The lowest BCUT2D eigenvalue weighted by atomic mass is 9.97. The largest absolute Gasteiger partial charge is 0.524 e. The Morgan fingerprint density at radius 3 is 2.53 bits per heavy atom. The lowest BCUT2D eigenvalue weighted by Crippen LogP contribution is -2.75. The van der Waals surface area contributed by atoms with Crippen LogP contribution < -0.4 is 4.52 Å². The number of H-pyrrole nitrogens is 1. The van der Waals surface area contributed by atoms with E-state index in [4.69, 9.17) is 0 Å². The SMILES string of the molecule is C=CCN1CC(=O)N2[C@@H](Cc3ccc(OP(=O)(O)O)cc3)C(=O)N(Cc3cccc4cn[nH]c34)C[C@@H]2N1C(=O)CCc1ccccc1. The molecule has 3 aromatic carbocycles. The number of piperazine rings is 1. The number of carbonyl (C=O) groups is 3. The molecule has 0 radical (unpaired) electrons. The van der Waals surface area contributed by atoms with Gasteiger partial charge in [-0.1, -0.05) is 66.7 Å². The van der Waals surface area contributed by atoms with Gasteiger partial charge in [-0.25, -0.2) is 14.6 Å². The summed E-state index contributed by atoms with van der Waals surface area (Å²) in [5, 5.41) is 11.4. The molecule has 2 fully saturated rings. The number of para-hydroxylation sites is 1. The summed E-state index contributed by atoms with van der Waals surface area (Å²) in [4.78, 5) is 63.7. The van der Waals surface area contributed by atoms with E-state index >= 15 is 0 Å². The van der Waals surface area contributed by atoms with E-state index in [1.54, 1.807) is 39.3 Å². The van der Waals surface area contributed by atoms with Crippen LogP contribution in [-0.4, -0.2) is 89.4 Å². The summed E-state index contributed by atoms with van der Waals surface area (Å²) in [5.74, 6) is -0.788. The summed E-state index contributed by atoms with van der Waals surface area (Å²) in [7, 11) is -4.75. The van der Waals surface area contributed by atoms with Crippen LogP contribution in [0.5, 0.6) is 5.75 Å². The number of hydrogen-bond donors (Lipinski definition) is 3. The predicted octanol–water partition coefficient (Wildman–Crippen LogP) is 3.02. The van der Waals surface area contributed by atoms with E-state index in [9.17, 15) is 28.7 Å². The van der Waals surface area contributed by atoms with Gasteiger partial charge in [-0.15, -0.1) is 6.58 Å². The van der Waals surface area contributed by atoms with Crippen molar-refractivity contribution in [3.05, 3.63) is 108 Å². The lowest BCUT2D eigenvalue weighted by Gasteiger charge is -2.55. The number of aromatic nitrogens is 2. The third-order valence-electron chi connectivity index (χ3n) is 8.40. The monoisotopic (exact) mass is 658 g/mol. The van der Waals surface area contributed by atoms with Gasteiger partial charge in [0.2, 0.25) is 17.7 Å². The average molecular weight is 659 g/mol. The number of rotatable bonds is 11. The molecule has 4 aromatic rings. The fourth-order valence-corrected chi connectivity index (χ4v) is 6.73. The Morgan fingerprint density at radius 2 is 1.81 bits per heavy atom. The Bertz CT molecular complexity index is 1830. The quantitative estimate of drug-likeness (QED) is 0.163. The minimum atomic E-state index is -4.75. The Hall–Kier alpha value is -4.81. The van der Waals surface area contributed by atoms with Gasteiger partial charge in [0, 0.05) is 31.3 Å². The van der Waals surface area contributed by atoms with Crippen molar-refractivity contribution in [3.63, 3.8) is 0 Å². The van der Waals surface area contributed by atoms with E-state index in [-0.39, 0.29) is 62.5 Å². The molecule has 3 heterocycles. The number of hydrazine groups is 1. The minimum Gasteiger partial charge on any atom is -0.404 e. The number of nitrogens with one attached hydrogen (secondary N) is 1. The van der Waals surface area contributed by atoms with Crippen molar-refractivity contribution in [3.8, 4) is 5.75 Å². The van der Waals surface area contributed by atoms with Gasteiger partial charge >= 0.3 is 7.82 Å². The molecular formula is C33H35N6O7P. The Labute approximate surface area is 271 Å². The lowest BCUT2D eigenvalue weighted by molar-refractivity contribution is -0.205. The highest BCUT2D eigenvalue weighted by Gasteiger charge is 2.51. The molecule has 14 heteroatoms. The first kappa shape index (κ1) is 32.1. The van der Waals surface area contributed by atoms with Gasteiger partial charge in [0.1, 0.15) is 18.0 Å². The Kier molecular flexibility index (Phi) is 9.24. The van der Waals surface area contributed by atoms with Crippen LogP contribution in [0.25, 0.3) is 10.9 Å². The zero-order valence-corrected chi connectivity index (χ0v) is 26.4. The minimum absolute atomic E-state index is 0.0338. The van der Waals surface area contributed by atoms with Gasteiger partial charge in [0.05, 0.1) is 24.8 Å². The van der Waals surface area contributed by atoms with E-state index in [2.05, 4.69) is 21.3 Å². The summed E-state index contributed by atoms with van der Waals surface area (Å²) >= 11 is 0. The molecule has 47 heavy (non-hydrogen) atoms. The van der Waals surface area contributed by atoms with Crippen LogP contribution in [0.4, 0.5) is 0 Å². The van der Waals surface area contributed by atoms with Gasteiger partial charge in [-0.2, -0.15) is 5.10 Å². The van der Waals surface area contributed by atoms with E-state index in [0.29, 0.717) is 12.0 Å². The maximum absolute atomic E-state index is 14.3. The third kappa shape index (κ3) is 7.13. The average Bonchev–Trinajstić information content (AvgIpc) is 3.53.